The summed E-state index contributed by atoms with van der Waals surface area (Å²) in [5.74, 6) is -4.65. The average Bonchev–Trinajstić information content (AvgIpc) is 3.21. The lowest BCUT2D eigenvalue weighted by atomic mass is 10.1. The molecule has 0 spiro atoms. The van der Waals surface area contributed by atoms with Gasteiger partial charge in [-0.1, -0.05) is 5.16 Å². The molecule has 144 valence electrons. The Morgan fingerprint density at radius 3 is 2.74 bits per heavy atom. The molecule has 0 saturated carbocycles. The van der Waals surface area contributed by atoms with Gasteiger partial charge >= 0.3 is 12.1 Å². The highest BCUT2D eigenvalue weighted by molar-refractivity contribution is 5.90. The van der Waals surface area contributed by atoms with Crippen molar-refractivity contribution in [2.75, 3.05) is 25.0 Å². The third kappa shape index (κ3) is 3.50. The van der Waals surface area contributed by atoms with Gasteiger partial charge in [0.15, 0.2) is 17.5 Å². The van der Waals surface area contributed by atoms with Crippen molar-refractivity contribution in [3.63, 3.8) is 0 Å². The minimum atomic E-state index is -1.58. The number of anilines is 1. The van der Waals surface area contributed by atoms with E-state index in [4.69, 9.17) is 4.74 Å². The van der Waals surface area contributed by atoms with Gasteiger partial charge in [-0.05, 0) is 6.92 Å². The molecule has 1 saturated heterocycles. The van der Waals surface area contributed by atoms with Crippen LogP contribution >= 0.6 is 0 Å². The minimum absolute atomic E-state index is 0.0617. The lowest BCUT2D eigenvalue weighted by Crippen LogP contribution is -2.39. The van der Waals surface area contributed by atoms with Gasteiger partial charge in [0.25, 0.3) is 5.89 Å². The smallest absolute Gasteiger partial charge is 0.414 e. The van der Waals surface area contributed by atoms with Crippen LogP contribution in [0.25, 0.3) is 11.5 Å². The summed E-state index contributed by atoms with van der Waals surface area (Å²) in [6, 6.07) is 0.135. The Morgan fingerprint density at radius 2 is 2.11 bits per heavy atom. The molecule has 1 aromatic heterocycles. The second kappa shape index (κ2) is 7.13. The Morgan fingerprint density at radius 1 is 1.37 bits per heavy atom. The van der Waals surface area contributed by atoms with E-state index in [0.717, 1.165) is 4.90 Å². The van der Waals surface area contributed by atoms with E-state index < -0.39 is 52.8 Å². The highest BCUT2D eigenvalue weighted by Crippen LogP contribution is 2.34. The second-order valence-corrected chi connectivity index (χ2v) is 5.60. The maximum absolute atomic E-state index is 14.5. The van der Waals surface area contributed by atoms with Crippen LogP contribution in [0.4, 0.5) is 28.4 Å². The highest BCUT2D eigenvalue weighted by atomic mass is 19.2. The van der Waals surface area contributed by atoms with Crippen LogP contribution in [0, 0.1) is 24.4 Å². The first-order valence-electron chi connectivity index (χ1n) is 7.73. The lowest BCUT2D eigenvalue weighted by molar-refractivity contribution is 0.140. The summed E-state index contributed by atoms with van der Waals surface area (Å²) in [6.07, 6.45) is -1.82. The normalized spacial score (nSPS) is 16.4. The molecule has 1 fully saturated rings. The van der Waals surface area contributed by atoms with E-state index >= 15 is 0 Å². The summed E-state index contributed by atoms with van der Waals surface area (Å²) >= 11 is 0. The maximum atomic E-state index is 14.5. The highest BCUT2D eigenvalue weighted by Gasteiger charge is 2.36. The molecule has 0 radical (unpaired) electrons. The number of aromatic nitrogens is 2. The molecule has 27 heavy (non-hydrogen) atoms. The summed E-state index contributed by atoms with van der Waals surface area (Å²) in [7, 11) is 1.40. The second-order valence-electron chi connectivity index (χ2n) is 5.60. The van der Waals surface area contributed by atoms with Gasteiger partial charge < -0.3 is 19.9 Å². The largest absolute Gasteiger partial charge is 0.442 e. The molecule has 1 unspecified atom stereocenters. The van der Waals surface area contributed by atoms with Gasteiger partial charge in [-0.15, -0.1) is 0 Å². The van der Waals surface area contributed by atoms with E-state index in [1.807, 2.05) is 0 Å². The quantitative estimate of drug-likeness (QED) is 0.776. The third-order valence-corrected chi connectivity index (χ3v) is 3.76. The summed E-state index contributed by atoms with van der Waals surface area (Å²) in [5.41, 5.74) is -1.47. The Labute approximate surface area is 150 Å². The van der Waals surface area contributed by atoms with Gasteiger partial charge in [-0.2, -0.15) is 4.98 Å². The molecule has 0 aliphatic carbocycles. The fourth-order valence-electron chi connectivity index (χ4n) is 2.49. The Hall–Kier alpha value is -3.31. The number of halogens is 3. The number of urea groups is 1. The molecule has 1 atom stereocenters. The number of carbonyl (C=O) groups excluding carboxylic acids is 2. The SMILES string of the molecule is CNC(=O)NCC1CN(c2cc(F)c(-c3nc(C)no3)c(F)c2F)C(=O)O1. The lowest BCUT2D eigenvalue weighted by Gasteiger charge is -2.15. The Bertz CT molecular complexity index is 904. The monoisotopic (exact) mass is 385 g/mol. The van der Waals surface area contributed by atoms with Crippen LogP contribution in [0.5, 0.6) is 0 Å². The van der Waals surface area contributed by atoms with E-state index in [2.05, 4.69) is 25.3 Å². The fraction of sp³-hybridized carbons (Fsp3) is 0.333. The first-order chi connectivity index (χ1) is 12.8. The number of benzene rings is 1. The number of nitrogens with one attached hydrogen (secondary N) is 2. The number of hydrogen-bond donors (Lipinski definition) is 2. The molecule has 12 heteroatoms. The van der Waals surface area contributed by atoms with Gasteiger partial charge in [-0.25, -0.2) is 22.8 Å². The zero-order valence-electron chi connectivity index (χ0n) is 14.2. The van der Waals surface area contributed by atoms with Crippen LogP contribution < -0.4 is 15.5 Å². The first-order valence-corrected chi connectivity index (χ1v) is 7.73. The van der Waals surface area contributed by atoms with Crippen LogP contribution in [0.15, 0.2) is 10.6 Å². The van der Waals surface area contributed by atoms with E-state index in [1.54, 1.807) is 0 Å². The Balaban J connectivity index is 1.87. The number of amides is 3. The summed E-state index contributed by atoms with van der Waals surface area (Å²) < 4.78 is 52.9. The molecule has 3 rings (SSSR count). The molecular formula is C15H14F3N5O4. The molecule has 0 bridgehead atoms. The number of rotatable bonds is 4. The average molecular weight is 385 g/mol. The number of cyclic esters (lactones) is 1. The zero-order valence-corrected chi connectivity index (χ0v) is 14.2. The van der Waals surface area contributed by atoms with Crippen molar-refractivity contribution < 1.29 is 32.0 Å². The maximum Gasteiger partial charge on any atom is 0.414 e. The van der Waals surface area contributed by atoms with E-state index in [-0.39, 0.29) is 18.9 Å². The topological polar surface area (TPSA) is 110 Å². The minimum Gasteiger partial charge on any atom is -0.442 e. The van der Waals surface area contributed by atoms with Crippen molar-refractivity contribution in [3.05, 3.63) is 29.3 Å². The van der Waals surface area contributed by atoms with Gasteiger partial charge in [0.05, 0.1) is 18.8 Å². The van der Waals surface area contributed by atoms with Gasteiger partial charge in [0.2, 0.25) is 0 Å². The number of carbonyl (C=O) groups is 2. The van der Waals surface area contributed by atoms with Gasteiger partial charge in [0.1, 0.15) is 17.5 Å². The molecular weight excluding hydrogens is 371 g/mol. The van der Waals surface area contributed by atoms with E-state index in [0.29, 0.717) is 6.07 Å². The van der Waals surface area contributed by atoms with Crippen molar-refractivity contribution in [3.8, 4) is 11.5 Å². The number of hydrogen-bond acceptors (Lipinski definition) is 6. The van der Waals surface area contributed by atoms with E-state index in [9.17, 15) is 22.8 Å². The molecule has 2 aromatic rings. The molecule has 1 aliphatic heterocycles. The Kier molecular flexibility index (Phi) is 4.88. The summed E-state index contributed by atoms with van der Waals surface area (Å²) in [4.78, 5) is 27.5. The standard InChI is InChI=1S/C15H14F3N5O4/c1-6-21-13(27-22-6)10-8(16)3-9(11(17)12(10)18)23-5-7(26-15(23)25)4-20-14(24)19-2/h3,7H,4-5H2,1-2H3,(H2,19,20,24). The third-order valence-electron chi connectivity index (χ3n) is 3.76. The molecule has 2 heterocycles. The number of aryl methyl sites for hydroxylation is 1. The molecule has 1 aliphatic rings. The predicted octanol–water partition coefficient (Wildman–Crippen LogP) is 1.72. The predicted molar refractivity (Wildman–Crippen MR) is 84.4 cm³/mol. The molecule has 2 N–H and O–H groups in total. The summed E-state index contributed by atoms with van der Waals surface area (Å²) in [5, 5.41) is 8.12. The molecule has 3 amide bonds. The van der Waals surface area contributed by atoms with Crippen LogP contribution in [0.1, 0.15) is 5.82 Å². The van der Waals surface area contributed by atoms with Crippen molar-refractivity contribution >= 4 is 17.8 Å². The number of nitrogens with zero attached hydrogens (tertiary/aromatic N) is 3. The van der Waals surface area contributed by atoms with Crippen LogP contribution in [-0.2, 0) is 4.74 Å². The summed E-state index contributed by atoms with van der Waals surface area (Å²) in [6.45, 7) is 1.16. The van der Waals surface area contributed by atoms with Crippen LogP contribution in [-0.4, -0.2) is 48.5 Å². The first kappa shape index (κ1) is 18.5. The van der Waals surface area contributed by atoms with Crippen molar-refractivity contribution in [1.82, 2.24) is 20.8 Å². The molecule has 1 aromatic carbocycles. The molecule has 9 nitrogen and oxygen atoms in total. The van der Waals surface area contributed by atoms with Crippen LogP contribution in [0.3, 0.4) is 0 Å². The fourth-order valence-corrected chi connectivity index (χ4v) is 2.49. The van der Waals surface area contributed by atoms with Gasteiger partial charge in [-0.3, -0.25) is 4.90 Å². The van der Waals surface area contributed by atoms with Crippen molar-refractivity contribution in [1.29, 1.82) is 0 Å². The van der Waals surface area contributed by atoms with Crippen molar-refractivity contribution in [2.45, 2.75) is 13.0 Å². The van der Waals surface area contributed by atoms with Gasteiger partial charge in [0, 0.05) is 13.1 Å². The number of ether oxygens (including phenoxy) is 1. The zero-order chi connectivity index (χ0) is 19.7. The van der Waals surface area contributed by atoms with Crippen LogP contribution in [0.2, 0.25) is 0 Å². The van der Waals surface area contributed by atoms with E-state index in [1.165, 1.54) is 14.0 Å². The van der Waals surface area contributed by atoms with Crippen molar-refractivity contribution in [2.24, 2.45) is 0 Å².